The van der Waals surface area contributed by atoms with Crippen molar-refractivity contribution < 1.29 is 0 Å². The second-order valence-electron chi connectivity index (χ2n) is 10.1. The molecule has 0 spiro atoms. The largest absolute Gasteiger partial charge is 0.368 e. The number of fused-ring (bicyclic) bond motifs is 3. The number of rotatable bonds is 2. The maximum atomic E-state index is 6.40. The Morgan fingerprint density at radius 3 is 2.52 bits per heavy atom. The highest BCUT2D eigenvalue weighted by atomic mass is 35.5. The number of thiophene rings is 1. The van der Waals surface area contributed by atoms with E-state index in [4.69, 9.17) is 16.6 Å². The molecule has 1 aliphatic heterocycles. The molecule has 1 atom stereocenters. The first kappa shape index (κ1) is 21.0. The lowest BCUT2D eigenvalue weighted by Gasteiger charge is -2.37. The quantitative estimate of drug-likeness (QED) is 0.436. The Morgan fingerprint density at radius 2 is 1.81 bits per heavy atom. The van der Waals surface area contributed by atoms with Crippen LogP contribution in [0.1, 0.15) is 43.2 Å². The van der Waals surface area contributed by atoms with Gasteiger partial charge in [0.15, 0.2) is 0 Å². The van der Waals surface area contributed by atoms with Crippen LogP contribution < -0.4 is 9.80 Å². The maximum absolute atomic E-state index is 6.40. The van der Waals surface area contributed by atoms with Gasteiger partial charge in [0.05, 0.1) is 5.39 Å². The Kier molecular flexibility index (Phi) is 5.38. The zero-order chi connectivity index (χ0) is 21.8. The van der Waals surface area contributed by atoms with E-state index < -0.39 is 0 Å². The van der Waals surface area contributed by atoms with Crippen LogP contribution in [0, 0.1) is 18.3 Å². The van der Waals surface area contributed by atoms with Gasteiger partial charge in [0.25, 0.3) is 0 Å². The molecule has 0 bridgehead atoms. The van der Waals surface area contributed by atoms with E-state index in [1.54, 1.807) is 0 Å². The minimum absolute atomic E-state index is 0.339. The lowest BCUT2D eigenvalue weighted by molar-refractivity contribution is 0.218. The fourth-order valence-corrected chi connectivity index (χ4v) is 6.61. The maximum Gasteiger partial charge on any atom is 0.225 e. The number of nitrogens with zero attached hydrogens (tertiary/aromatic N) is 4. The van der Waals surface area contributed by atoms with Crippen molar-refractivity contribution in [2.45, 2.75) is 47.0 Å². The standard InChI is InChI=1S/C25H31ClN4S/c1-16-6-5-7-18(14-16)29-10-12-30(13-11-29)22-21-19-9-8-17(25(2,3)4)15-20(19)31-23(21)28-24(26)27-22/h5-7,14,17H,8-13,15H2,1-4H3. The zero-order valence-electron chi connectivity index (χ0n) is 18.9. The zero-order valence-corrected chi connectivity index (χ0v) is 20.5. The number of aryl methyl sites for hydroxylation is 2. The van der Waals surface area contributed by atoms with E-state index in [2.05, 4.69) is 66.7 Å². The molecule has 164 valence electrons. The van der Waals surface area contributed by atoms with E-state index in [-0.39, 0.29) is 0 Å². The molecule has 1 saturated heterocycles. The molecule has 4 nitrogen and oxygen atoms in total. The Morgan fingerprint density at radius 1 is 1.06 bits per heavy atom. The fraction of sp³-hybridized carbons (Fsp3) is 0.520. The highest BCUT2D eigenvalue weighted by Crippen LogP contribution is 2.45. The molecule has 2 aromatic heterocycles. The summed E-state index contributed by atoms with van der Waals surface area (Å²) in [4.78, 5) is 16.8. The van der Waals surface area contributed by atoms with Crippen LogP contribution in [0.5, 0.6) is 0 Å². The molecule has 0 saturated carbocycles. The first-order chi connectivity index (χ1) is 14.8. The molecule has 1 unspecified atom stereocenters. The van der Waals surface area contributed by atoms with Crippen LogP contribution >= 0.6 is 22.9 Å². The van der Waals surface area contributed by atoms with Crippen molar-refractivity contribution in [3.63, 3.8) is 0 Å². The van der Waals surface area contributed by atoms with Crippen molar-refractivity contribution >= 4 is 44.7 Å². The van der Waals surface area contributed by atoms with E-state index in [0.717, 1.165) is 55.6 Å². The third-order valence-electron chi connectivity index (χ3n) is 7.03. The van der Waals surface area contributed by atoms with Crippen molar-refractivity contribution in [3.8, 4) is 0 Å². The van der Waals surface area contributed by atoms with Crippen molar-refractivity contribution in [1.29, 1.82) is 0 Å². The van der Waals surface area contributed by atoms with Gasteiger partial charge in [0.1, 0.15) is 10.6 Å². The fourth-order valence-electron chi connectivity index (χ4n) is 5.10. The summed E-state index contributed by atoms with van der Waals surface area (Å²) < 4.78 is 0. The van der Waals surface area contributed by atoms with Crippen molar-refractivity contribution in [1.82, 2.24) is 9.97 Å². The highest BCUT2D eigenvalue weighted by molar-refractivity contribution is 7.19. The molecule has 3 aromatic rings. The van der Waals surface area contributed by atoms with Gasteiger partial charge in [-0.25, -0.2) is 4.98 Å². The summed E-state index contributed by atoms with van der Waals surface area (Å²) in [6.45, 7) is 13.1. The first-order valence-electron chi connectivity index (χ1n) is 11.3. The normalized spacial score (nSPS) is 19.7. The van der Waals surface area contributed by atoms with Crippen LogP contribution in [0.4, 0.5) is 11.5 Å². The van der Waals surface area contributed by atoms with Crippen LogP contribution in [0.3, 0.4) is 0 Å². The molecular formula is C25H31ClN4S. The molecule has 0 N–H and O–H groups in total. The molecule has 3 heterocycles. The Balaban J connectivity index is 1.44. The predicted molar refractivity (Wildman–Crippen MR) is 133 cm³/mol. The smallest absolute Gasteiger partial charge is 0.225 e. The summed E-state index contributed by atoms with van der Waals surface area (Å²) in [6, 6.07) is 8.79. The highest BCUT2D eigenvalue weighted by Gasteiger charge is 2.33. The van der Waals surface area contributed by atoms with Crippen LogP contribution in [-0.2, 0) is 12.8 Å². The Labute approximate surface area is 194 Å². The molecular weight excluding hydrogens is 424 g/mol. The van der Waals surface area contributed by atoms with E-state index in [9.17, 15) is 0 Å². The molecule has 31 heavy (non-hydrogen) atoms. The van der Waals surface area contributed by atoms with Gasteiger partial charge in [-0.05, 0) is 72.4 Å². The van der Waals surface area contributed by atoms with Crippen molar-refractivity contribution in [2.24, 2.45) is 11.3 Å². The minimum Gasteiger partial charge on any atom is -0.368 e. The summed E-state index contributed by atoms with van der Waals surface area (Å²) in [6.07, 6.45) is 3.52. The van der Waals surface area contributed by atoms with Crippen molar-refractivity contribution in [2.75, 3.05) is 36.0 Å². The minimum atomic E-state index is 0.339. The molecule has 5 rings (SSSR count). The molecule has 6 heteroatoms. The molecule has 0 radical (unpaired) electrons. The third kappa shape index (κ3) is 4.03. The molecule has 1 fully saturated rings. The summed E-state index contributed by atoms with van der Waals surface area (Å²) in [7, 11) is 0. The molecule has 1 aliphatic carbocycles. The van der Waals surface area contributed by atoms with Crippen LogP contribution in [0.15, 0.2) is 24.3 Å². The number of halogens is 1. The number of benzene rings is 1. The number of hydrogen-bond acceptors (Lipinski definition) is 5. The van der Waals surface area contributed by atoms with Gasteiger partial charge in [-0.3, -0.25) is 0 Å². The second kappa shape index (κ2) is 7.93. The van der Waals surface area contributed by atoms with E-state index in [1.807, 2.05) is 11.3 Å². The van der Waals surface area contributed by atoms with E-state index in [1.165, 1.54) is 33.5 Å². The first-order valence-corrected chi connectivity index (χ1v) is 12.5. The summed E-state index contributed by atoms with van der Waals surface area (Å²) >= 11 is 8.24. The third-order valence-corrected chi connectivity index (χ3v) is 8.35. The summed E-state index contributed by atoms with van der Waals surface area (Å²) in [5.74, 6) is 1.77. The number of piperazine rings is 1. The van der Waals surface area contributed by atoms with Gasteiger partial charge in [-0.15, -0.1) is 11.3 Å². The summed E-state index contributed by atoms with van der Waals surface area (Å²) in [5.41, 5.74) is 4.44. The van der Waals surface area contributed by atoms with E-state index >= 15 is 0 Å². The molecule has 0 amide bonds. The average Bonchev–Trinajstić information content (AvgIpc) is 3.10. The average molecular weight is 455 g/mol. The lowest BCUT2D eigenvalue weighted by atomic mass is 9.72. The number of hydrogen-bond donors (Lipinski definition) is 0. The molecule has 2 aliphatic rings. The van der Waals surface area contributed by atoms with Gasteiger partial charge in [0, 0.05) is 36.7 Å². The Bertz CT molecular complexity index is 1110. The van der Waals surface area contributed by atoms with Gasteiger partial charge in [-0.1, -0.05) is 32.9 Å². The lowest BCUT2D eigenvalue weighted by Crippen LogP contribution is -2.47. The van der Waals surface area contributed by atoms with Gasteiger partial charge < -0.3 is 9.80 Å². The topological polar surface area (TPSA) is 32.3 Å². The van der Waals surface area contributed by atoms with Crippen LogP contribution in [-0.4, -0.2) is 36.1 Å². The number of anilines is 2. The van der Waals surface area contributed by atoms with Gasteiger partial charge in [0.2, 0.25) is 5.28 Å². The monoisotopic (exact) mass is 454 g/mol. The van der Waals surface area contributed by atoms with Gasteiger partial charge in [-0.2, -0.15) is 4.98 Å². The summed E-state index contributed by atoms with van der Waals surface area (Å²) in [5, 5.41) is 1.63. The van der Waals surface area contributed by atoms with Gasteiger partial charge >= 0.3 is 0 Å². The number of aromatic nitrogens is 2. The predicted octanol–water partition coefficient (Wildman–Crippen LogP) is 6.13. The van der Waals surface area contributed by atoms with E-state index in [0.29, 0.717) is 10.7 Å². The molecule has 1 aromatic carbocycles. The second-order valence-corrected chi connectivity index (χ2v) is 11.5. The van der Waals surface area contributed by atoms with Crippen LogP contribution in [0.2, 0.25) is 5.28 Å². The SMILES string of the molecule is Cc1cccc(N2CCN(c3nc(Cl)nc4sc5c(c34)CCC(C(C)(C)C)C5)CC2)c1. The van der Waals surface area contributed by atoms with Crippen LogP contribution in [0.25, 0.3) is 10.2 Å². The Hall–Kier alpha value is -1.85. The van der Waals surface area contributed by atoms with Crippen molar-refractivity contribution in [3.05, 3.63) is 45.6 Å².